The van der Waals surface area contributed by atoms with Gasteiger partial charge in [-0.05, 0) is 18.7 Å². The highest BCUT2D eigenvalue weighted by Crippen LogP contribution is 2.46. The van der Waals surface area contributed by atoms with Crippen LogP contribution >= 0.6 is 6.72 Å². The van der Waals surface area contributed by atoms with Crippen molar-refractivity contribution in [1.29, 1.82) is 0 Å². The maximum atomic E-state index is 15.1. The molecule has 130 valence electrons. The van der Waals surface area contributed by atoms with Gasteiger partial charge in [-0.25, -0.2) is 9.36 Å². The molecule has 1 unspecified atom stereocenters. The van der Waals surface area contributed by atoms with Crippen molar-refractivity contribution in [2.24, 2.45) is 0 Å². The molecule has 0 aromatic carbocycles. The number of aromatic amines is 1. The van der Waals surface area contributed by atoms with Crippen LogP contribution in [-0.2, 0) is 27.0 Å². The van der Waals surface area contributed by atoms with E-state index in [1.165, 1.54) is 6.92 Å². The molecule has 1 fully saturated rings. The quantitative estimate of drug-likeness (QED) is 0.372. The van der Waals surface area contributed by atoms with Gasteiger partial charge in [0.05, 0.1) is 6.10 Å². The van der Waals surface area contributed by atoms with E-state index >= 15 is 4.39 Å². The fourth-order valence-electron chi connectivity index (χ4n) is 2.22. The Morgan fingerprint density at radius 2 is 2.17 bits per heavy atom. The molecule has 0 aliphatic carbocycles. The summed E-state index contributed by atoms with van der Waals surface area (Å²) in [5.41, 5.74) is -2.03. The second kappa shape index (κ2) is 6.15. The number of rotatable bonds is 4. The number of halogens is 1. The first-order chi connectivity index (χ1) is 10.5. The molecule has 13 heteroatoms. The van der Waals surface area contributed by atoms with Gasteiger partial charge < -0.3 is 24.7 Å². The first kappa shape index (κ1) is 18.4. The predicted octanol–water partition coefficient (Wildman–Crippen LogP) is -2.15. The van der Waals surface area contributed by atoms with Gasteiger partial charge in [0.2, 0.25) is 0 Å². The van der Waals surface area contributed by atoms with Crippen molar-refractivity contribution in [2.75, 3.05) is 0 Å². The molecule has 0 bridgehead atoms. The molecule has 1 aromatic heterocycles. The SMILES string of the molecule is CC(O)[C@H]1O[C@@](F)(n2ccc(=O)[nH]c2=O)[C@H](O)[C@@H]1OP(O)(O)=S. The van der Waals surface area contributed by atoms with Gasteiger partial charge >= 0.3 is 18.4 Å². The molecule has 23 heavy (non-hydrogen) atoms. The molecule has 0 amide bonds. The lowest BCUT2D eigenvalue weighted by Gasteiger charge is -2.25. The number of hydrogen-bond acceptors (Lipinski definition) is 7. The average Bonchev–Trinajstić information content (AvgIpc) is 2.63. The fraction of sp³-hybridized carbons (Fsp3) is 0.600. The van der Waals surface area contributed by atoms with Gasteiger partial charge in [0.25, 0.3) is 5.56 Å². The van der Waals surface area contributed by atoms with E-state index in [2.05, 4.69) is 16.3 Å². The first-order valence-corrected chi connectivity index (χ1v) is 8.87. The fourth-order valence-corrected chi connectivity index (χ4v) is 3.07. The summed E-state index contributed by atoms with van der Waals surface area (Å²) in [6.45, 7) is -3.15. The summed E-state index contributed by atoms with van der Waals surface area (Å²) >= 11 is 4.26. The smallest absolute Gasteiger partial charge is 0.332 e. The van der Waals surface area contributed by atoms with E-state index in [9.17, 15) is 29.6 Å². The average molecular weight is 372 g/mol. The van der Waals surface area contributed by atoms with Crippen molar-refractivity contribution in [1.82, 2.24) is 9.55 Å². The van der Waals surface area contributed by atoms with E-state index in [1.807, 2.05) is 0 Å². The predicted molar refractivity (Wildman–Crippen MR) is 76.6 cm³/mol. The summed E-state index contributed by atoms with van der Waals surface area (Å²) in [6, 6.07) is 0.812. The third-order valence-corrected chi connectivity index (χ3v) is 3.96. The monoisotopic (exact) mass is 372 g/mol. The second-order valence-electron chi connectivity index (χ2n) is 4.92. The van der Waals surface area contributed by atoms with Crippen LogP contribution in [-0.4, -0.2) is 54.0 Å². The van der Waals surface area contributed by atoms with Crippen LogP contribution in [0.5, 0.6) is 0 Å². The molecule has 1 saturated heterocycles. The van der Waals surface area contributed by atoms with Crippen LogP contribution in [0.25, 0.3) is 0 Å². The van der Waals surface area contributed by atoms with E-state index < -0.39 is 48.4 Å². The lowest BCUT2D eigenvalue weighted by molar-refractivity contribution is -0.245. The zero-order chi connectivity index (χ0) is 17.6. The topological polar surface area (TPSA) is 154 Å². The van der Waals surface area contributed by atoms with Crippen LogP contribution in [0.2, 0.25) is 0 Å². The normalized spacial score (nSPS) is 32.9. The Morgan fingerprint density at radius 1 is 1.57 bits per heavy atom. The summed E-state index contributed by atoms with van der Waals surface area (Å²) in [5.74, 6) is -3.22. The van der Waals surface area contributed by atoms with Gasteiger partial charge in [0, 0.05) is 12.3 Å². The maximum absolute atomic E-state index is 15.1. The van der Waals surface area contributed by atoms with E-state index in [0.717, 1.165) is 12.3 Å². The van der Waals surface area contributed by atoms with Crippen LogP contribution in [0.1, 0.15) is 6.92 Å². The molecular weight excluding hydrogens is 358 g/mol. The summed E-state index contributed by atoms with van der Waals surface area (Å²) in [7, 11) is 0. The summed E-state index contributed by atoms with van der Waals surface area (Å²) < 4.78 is 24.8. The number of alkyl halides is 1. The van der Waals surface area contributed by atoms with E-state index in [4.69, 9.17) is 4.74 Å². The van der Waals surface area contributed by atoms with Crippen molar-refractivity contribution < 1.29 is 33.7 Å². The third-order valence-electron chi connectivity index (χ3n) is 3.19. The molecule has 0 spiro atoms. The molecule has 0 radical (unpaired) electrons. The lowest BCUT2D eigenvalue weighted by atomic mass is 10.1. The highest BCUT2D eigenvalue weighted by atomic mass is 32.5. The minimum absolute atomic E-state index is 0.246. The molecule has 5 atom stereocenters. The second-order valence-corrected chi connectivity index (χ2v) is 7.54. The van der Waals surface area contributed by atoms with Crippen LogP contribution in [0.4, 0.5) is 4.39 Å². The van der Waals surface area contributed by atoms with Crippen molar-refractivity contribution in [3.63, 3.8) is 0 Å². The number of nitrogens with one attached hydrogen (secondary N) is 1. The Hall–Kier alpha value is -0.980. The zero-order valence-corrected chi connectivity index (χ0v) is 13.3. The van der Waals surface area contributed by atoms with Crippen molar-refractivity contribution >= 4 is 18.5 Å². The summed E-state index contributed by atoms with van der Waals surface area (Å²) in [6.07, 6.45) is -6.24. The first-order valence-electron chi connectivity index (χ1n) is 6.25. The number of aliphatic hydroxyl groups excluding tert-OH is 2. The number of ether oxygens (including phenoxy) is 1. The van der Waals surface area contributed by atoms with Gasteiger partial charge in [-0.2, -0.15) is 4.39 Å². The Labute approximate surface area is 133 Å². The Morgan fingerprint density at radius 3 is 2.65 bits per heavy atom. The van der Waals surface area contributed by atoms with Crippen LogP contribution in [0.15, 0.2) is 21.9 Å². The van der Waals surface area contributed by atoms with Gasteiger partial charge in [0.15, 0.2) is 6.10 Å². The van der Waals surface area contributed by atoms with Gasteiger partial charge in [0.1, 0.15) is 12.2 Å². The highest BCUT2D eigenvalue weighted by molar-refractivity contribution is 8.06. The molecule has 2 rings (SSSR count). The van der Waals surface area contributed by atoms with E-state index in [1.54, 1.807) is 4.98 Å². The molecule has 2 heterocycles. The van der Waals surface area contributed by atoms with Gasteiger partial charge in [-0.1, -0.05) is 0 Å². The van der Waals surface area contributed by atoms with Crippen molar-refractivity contribution in [3.05, 3.63) is 33.1 Å². The number of aliphatic hydroxyl groups is 2. The molecule has 5 N–H and O–H groups in total. The van der Waals surface area contributed by atoms with Crippen molar-refractivity contribution in [2.45, 2.75) is 37.3 Å². The van der Waals surface area contributed by atoms with Crippen LogP contribution in [0, 0.1) is 0 Å². The molecular formula is C10H14FN2O8PS. The lowest BCUT2D eigenvalue weighted by Crippen LogP contribution is -2.48. The highest BCUT2D eigenvalue weighted by Gasteiger charge is 2.60. The minimum atomic E-state index is -4.33. The van der Waals surface area contributed by atoms with E-state index in [0.29, 0.717) is 0 Å². The largest absolute Gasteiger partial charge is 0.391 e. The van der Waals surface area contributed by atoms with Gasteiger partial charge in [-0.3, -0.25) is 14.3 Å². The van der Waals surface area contributed by atoms with Crippen LogP contribution < -0.4 is 11.2 Å². The molecule has 0 saturated carbocycles. The third kappa shape index (κ3) is 3.59. The molecule has 1 aliphatic heterocycles. The minimum Gasteiger partial charge on any atom is -0.391 e. The Kier molecular flexibility index (Phi) is 4.91. The maximum Gasteiger partial charge on any atom is 0.332 e. The van der Waals surface area contributed by atoms with E-state index in [-0.39, 0.29) is 4.57 Å². The Bertz CT molecular complexity index is 747. The number of hydrogen-bond donors (Lipinski definition) is 5. The van der Waals surface area contributed by atoms with Crippen LogP contribution in [0.3, 0.4) is 0 Å². The zero-order valence-electron chi connectivity index (χ0n) is 11.6. The number of nitrogens with zero attached hydrogens (tertiary/aromatic N) is 1. The van der Waals surface area contributed by atoms with Crippen molar-refractivity contribution in [3.8, 4) is 0 Å². The molecule has 10 nitrogen and oxygen atoms in total. The Balaban J connectivity index is 2.49. The molecule has 1 aromatic rings. The van der Waals surface area contributed by atoms with Gasteiger partial charge in [-0.15, -0.1) is 0 Å². The summed E-state index contributed by atoms with van der Waals surface area (Å²) in [5, 5.41) is 19.7. The number of H-pyrrole nitrogens is 1. The standard InChI is InChI=1S/C10H14FN2O8PS/c1-4(14)6-7(21-22(18,19)23)8(16)10(11,20-6)13-3-2-5(15)12-9(13)17/h2-4,6-8,14,16H,1H3,(H,12,15,17)(H2,18,19,23)/t4?,6-,7-,8-,10+/m1/s1. The summed E-state index contributed by atoms with van der Waals surface area (Å²) in [4.78, 5) is 42.9. The number of aromatic nitrogens is 2. The molecule has 1 aliphatic rings.